The van der Waals surface area contributed by atoms with Gasteiger partial charge in [0, 0.05) is 17.2 Å². The Morgan fingerprint density at radius 3 is 2.36 bits per heavy atom. The van der Waals surface area contributed by atoms with E-state index in [0.29, 0.717) is 11.5 Å². The number of halogens is 2. The predicted molar refractivity (Wildman–Crippen MR) is 83.6 cm³/mol. The minimum atomic E-state index is -2.94. The van der Waals surface area contributed by atoms with Crippen molar-refractivity contribution in [3.05, 3.63) is 47.5 Å². The molecule has 6 nitrogen and oxygen atoms in total. The fraction of sp³-hybridized carbons (Fsp3) is 0.176. The fourth-order valence-corrected chi connectivity index (χ4v) is 2.32. The average Bonchev–Trinajstić information content (AvgIpc) is 3.01. The van der Waals surface area contributed by atoms with Crippen LogP contribution in [0.2, 0.25) is 0 Å². The number of carbonyl (C=O) groups excluding carboxylic acids is 2. The molecule has 0 bridgehead atoms. The SMILES string of the molecule is CC(=O)c1cc2c(cc1NC(=O)c1ccc(OC(F)F)cc1)OCO2. The lowest BCUT2D eigenvalue weighted by atomic mass is 10.1. The molecule has 0 saturated heterocycles. The Morgan fingerprint density at radius 2 is 1.76 bits per heavy atom. The zero-order valence-corrected chi connectivity index (χ0v) is 13.0. The van der Waals surface area contributed by atoms with Crippen LogP contribution in [0.1, 0.15) is 27.6 Å². The lowest BCUT2D eigenvalue weighted by Gasteiger charge is -2.11. The monoisotopic (exact) mass is 349 g/mol. The molecule has 3 rings (SSSR count). The molecule has 0 fully saturated rings. The molecule has 1 aliphatic heterocycles. The highest BCUT2D eigenvalue weighted by molar-refractivity contribution is 6.09. The van der Waals surface area contributed by atoms with Crippen molar-refractivity contribution in [3.8, 4) is 17.2 Å². The van der Waals surface area contributed by atoms with Gasteiger partial charge in [-0.3, -0.25) is 9.59 Å². The van der Waals surface area contributed by atoms with Crippen molar-refractivity contribution in [1.29, 1.82) is 0 Å². The summed E-state index contributed by atoms with van der Waals surface area (Å²) in [6.45, 7) is -1.54. The molecule has 1 amide bonds. The summed E-state index contributed by atoms with van der Waals surface area (Å²) >= 11 is 0. The van der Waals surface area contributed by atoms with Gasteiger partial charge in [-0.05, 0) is 37.3 Å². The van der Waals surface area contributed by atoms with Gasteiger partial charge in [-0.15, -0.1) is 0 Å². The quantitative estimate of drug-likeness (QED) is 0.837. The van der Waals surface area contributed by atoms with Crippen molar-refractivity contribution in [1.82, 2.24) is 0 Å². The van der Waals surface area contributed by atoms with Crippen LogP contribution in [0, 0.1) is 0 Å². The normalized spacial score (nSPS) is 12.2. The number of carbonyl (C=O) groups is 2. The standard InChI is InChI=1S/C17H13F2NO5/c1-9(21)12-6-14-15(24-8-23-14)7-13(12)20-16(22)10-2-4-11(5-3-10)25-17(18)19/h2-7,17H,8H2,1H3,(H,20,22). The summed E-state index contributed by atoms with van der Waals surface area (Å²) in [5.74, 6) is 0.0241. The molecule has 1 aliphatic rings. The third-order valence-corrected chi connectivity index (χ3v) is 3.48. The summed E-state index contributed by atoms with van der Waals surface area (Å²) in [4.78, 5) is 24.1. The van der Waals surface area contributed by atoms with Crippen LogP contribution in [-0.2, 0) is 0 Å². The smallest absolute Gasteiger partial charge is 0.387 e. The van der Waals surface area contributed by atoms with Crippen molar-refractivity contribution < 1.29 is 32.6 Å². The van der Waals surface area contributed by atoms with Crippen molar-refractivity contribution in [2.75, 3.05) is 12.1 Å². The Bertz CT molecular complexity index is 821. The van der Waals surface area contributed by atoms with Crippen LogP contribution >= 0.6 is 0 Å². The topological polar surface area (TPSA) is 73.9 Å². The number of ether oxygens (including phenoxy) is 3. The summed E-state index contributed by atoms with van der Waals surface area (Å²) < 4.78 is 39.0. The largest absolute Gasteiger partial charge is 0.454 e. The molecular formula is C17H13F2NO5. The fourth-order valence-electron chi connectivity index (χ4n) is 2.32. The number of amides is 1. The second-order valence-corrected chi connectivity index (χ2v) is 5.16. The summed E-state index contributed by atoms with van der Waals surface area (Å²) in [7, 11) is 0. The maximum absolute atomic E-state index is 12.3. The van der Waals surface area contributed by atoms with Crippen LogP contribution in [-0.4, -0.2) is 25.1 Å². The van der Waals surface area contributed by atoms with Crippen molar-refractivity contribution in [2.24, 2.45) is 0 Å². The molecule has 8 heteroatoms. The first-order valence-corrected chi connectivity index (χ1v) is 7.25. The molecule has 1 heterocycles. The highest BCUT2D eigenvalue weighted by Gasteiger charge is 2.20. The van der Waals surface area contributed by atoms with E-state index in [2.05, 4.69) is 10.1 Å². The van der Waals surface area contributed by atoms with Crippen LogP contribution in [0.3, 0.4) is 0 Å². The molecule has 1 N–H and O–H groups in total. The van der Waals surface area contributed by atoms with E-state index in [9.17, 15) is 18.4 Å². The molecule has 25 heavy (non-hydrogen) atoms. The predicted octanol–water partition coefficient (Wildman–Crippen LogP) is 3.47. The average molecular weight is 349 g/mol. The molecule has 0 spiro atoms. The number of anilines is 1. The molecule has 0 saturated carbocycles. The Hall–Kier alpha value is -3.16. The van der Waals surface area contributed by atoms with Gasteiger partial charge in [-0.25, -0.2) is 0 Å². The number of fused-ring (bicyclic) bond motifs is 1. The van der Waals surface area contributed by atoms with Crippen LogP contribution in [0.5, 0.6) is 17.2 Å². The highest BCUT2D eigenvalue weighted by Crippen LogP contribution is 2.37. The summed E-state index contributed by atoms with van der Waals surface area (Å²) in [6.07, 6.45) is 0. The van der Waals surface area contributed by atoms with Gasteiger partial charge in [-0.2, -0.15) is 8.78 Å². The second-order valence-electron chi connectivity index (χ2n) is 5.16. The zero-order chi connectivity index (χ0) is 18.0. The molecule has 0 aliphatic carbocycles. The Labute approximate surface area is 141 Å². The van der Waals surface area contributed by atoms with Gasteiger partial charge >= 0.3 is 6.61 Å². The number of hydrogen-bond donors (Lipinski definition) is 1. The Kier molecular flexibility index (Phi) is 4.51. The van der Waals surface area contributed by atoms with Gasteiger partial charge in [0.05, 0.1) is 5.69 Å². The van der Waals surface area contributed by atoms with Crippen LogP contribution < -0.4 is 19.5 Å². The van der Waals surface area contributed by atoms with E-state index in [1.165, 1.54) is 43.3 Å². The van der Waals surface area contributed by atoms with E-state index in [1.54, 1.807) is 0 Å². The maximum Gasteiger partial charge on any atom is 0.387 e. The molecule has 130 valence electrons. The first-order valence-electron chi connectivity index (χ1n) is 7.25. The number of benzene rings is 2. The third-order valence-electron chi connectivity index (χ3n) is 3.48. The molecule has 0 radical (unpaired) electrons. The summed E-state index contributed by atoms with van der Waals surface area (Å²) in [5.41, 5.74) is 0.763. The molecule has 0 atom stereocenters. The lowest BCUT2D eigenvalue weighted by molar-refractivity contribution is -0.0498. The molecule has 0 aromatic heterocycles. The van der Waals surface area contributed by atoms with Crippen LogP contribution in [0.4, 0.5) is 14.5 Å². The zero-order valence-electron chi connectivity index (χ0n) is 13.0. The number of nitrogens with one attached hydrogen (secondary N) is 1. The number of alkyl halides is 2. The van der Waals surface area contributed by atoms with Crippen molar-refractivity contribution >= 4 is 17.4 Å². The van der Waals surface area contributed by atoms with Crippen molar-refractivity contribution in [2.45, 2.75) is 13.5 Å². The second kappa shape index (κ2) is 6.76. The van der Waals surface area contributed by atoms with Crippen LogP contribution in [0.25, 0.3) is 0 Å². The number of hydrogen-bond acceptors (Lipinski definition) is 5. The first kappa shape index (κ1) is 16.7. The maximum atomic E-state index is 12.3. The Balaban J connectivity index is 1.82. The molecule has 2 aromatic carbocycles. The van der Waals surface area contributed by atoms with Crippen molar-refractivity contribution in [3.63, 3.8) is 0 Å². The van der Waals surface area contributed by atoms with E-state index in [0.717, 1.165) is 0 Å². The molecule has 0 unspecified atom stereocenters. The van der Waals surface area contributed by atoms with E-state index in [1.807, 2.05) is 0 Å². The number of rotatable bonds is 5. The lowest BCUT2D eigenvalue weighted by Crippen LogP contribution is -2.14. The van der Waals surface area contributed by atoms with Crippen LogP contribution in [0.15, 0.2) is 36.4 Å². The van der Waals surface area contributed by atoms with E-state index in [4.69, 9.17) is 9.47 Å². The minimum Gasteiger partial charge on any atom is -0.454 e. The number of Topliss-reactive ketones (excluding diaryl/α,β-unsaturated/α-hetero) is 1. The van der Waals surface area contributed by atoms with Gasteiger partial charge in [0.2, 0.25) is 6.79 Å². The van der Waals surface area contributed by atoms with Gasteiger partial charge in [0.25, 0.3) is 5.91 Å². The van der Waals surface area contributed by atoms with E-state index < -0.39 is 12.5 Å². The van der Waals surface area contributed by atoms with E-state index in [-0.39, 0.29) is 35.1 Å². The number of ketones is 1. The molecular weight excluding hydrogens is 336 g/mol. The van der Waals surface area contributed by atoms with Gasteiger partial charge in [0.15, 0.2) is 17.3 Å². The van der Waals surface area contributed by atoms with E-state index >= 15 is 0 Å². The van der Waals surface area contributed by atoms with Gasteiger partial charge in [-0.1, -0.05) is 0 Å². The van der Waals surface area contributed by atoms with Gasteiger partial charge in [0.1, 0.15) is 5.75 Å². The summed E-state index contributed by atoms with van der Waals surface area (Å²) in [6, 6.07) is 8.20. The first-order chi connectivity index (χ1) is 11.9. The minimum absolute atomic E-state index is 0.0374. The Morgan fingerprint density at radius 1 is 1.12 bits per heavy atom. The van der Waals surface area contributed by atoms with Gasteiger partial charge < -0.3 is 19.5 Å². The highest BCUT2D eigenvalue weighted by atomic mass is 19.3. The third kappa shape index (κ3) is 3.68. The summed E-state index contributed by atoms with van der Waals surface area (Å²) in [5, 5.41) is 2.61. The molecule has 2 aromatic rings.